The third-order valence-corrected chi connectivity index (χ3v) is 4.84. The van der Waals surface area contributed by atoms with Crippen LogP contribution < -0.4 is 16.4 Å². The van der Waals surface area contributed by atoms with Gasteiger partial charge in [-0.1, -0.05) is 18.2 Å². The Morgan fingerprint density at radius 1 is 1.14 bits per heavy atom. The molecule has 3 rings (SSSR count). The molecule has 152 valence electrons. The number of likely N-dealkylation sites (tertiary alicyclic amines) is 1. The second-order valence-corrected chi connectivity index (χ2v) is 6.97. The summed E-state index contributed by atoms with van der Waals surface area (Å²) in [5.74, 6) is -0.505. The molecule has 29 heavy (non-hydrogen) atoms. The minimum absolute atomic E-state index is 0.0744. The molecule has 1 aliphatic heterocycles. The first-order valence-corrected chi connectivity index (χ1v) is 9.34. The number of para-hydroxylation sites is 1. The second-order valence-electron chi connectivity index (χ2n) is 6.97. The van der Waals surface area contributed by atoms with Gasteiger partial charge in [0.1, 0.15) is 0 Å². The Labute approximate surface area is 168 Å². The molecule has 2 amide bonds. The van der Waals surface area contributed by atoms with E-state index in [0.29, 0.717) is 25.9 Å². The van der Waals surface area contributed by atoms with Crippen molar-refractivity contribution in [2.45, 2.75) is 18.9 Å². The van der Waals surface area contributed by atoms with Crippen molar-refractivity contribution in [2.75, 3.05) is 30.7 Å². The summed E-state index contributed by atoms with van der Waals surface area (Å²) in [5.41, 5.74) is 6.68. The third-order valence-electron chi connectivity index (χ3n) is 4.84. The van der Waals surface area contributed by atoms with Crippen LogP contribution in [0.3, 0.4) is 0 Å². The molecule has 0 spiro atoms. The Morgan fingerprint density at radius 2 is 1.83 bits per heavy atom. The topological polar surface area (TPSA) is 131 Å². The van der Waals surface area contributed by atoms with Gasteiger partial charge in [-0.2, -0.15) is 0 Å². The molecule has 1 aliphatic rings. The summed E-state index contributed by atoms with van der Waals surface area (Å²) >= 11 is 0. The van der Waals surface area contributed by atoms with E-state index >= 15 is 0 Å². The summed E-state index contributed by atoms with van der Waals surface area (Å²) in [4.78, 5) is 37.0. The number of anilines is 2. The van der Waals surface area contributed by atoms with Gasteiger partial charge in [0.2, 0.25) is 5.91 Å². The minimum atomic E-state index is -0.560. The van der Waals surface area contributed by atoms with Gasteiger partial charge in [-0.05, 0) is 31.0 Å². The summed E-state index contributed by atoms with van der Waals surface area (Å²) in [6, 6.07) is 13.0. The number of amides is 2. The number of piperidine rings is 1. The van der Waals surface area contributed by atoms with E-state index in [1.807, 2.05) is 35.2 Å². The molecule has 2 aromatic rings. The van der Waals surface area contributed by atoms with Crippen LogP contribution in [0, 0.1) is 10.1 Å². The molecule has 0 aliphatic carbocycles. The molecule has 1 heterocycles. The van der Waals surface area contributed by atoms with E-state index < -0.39 is 10.8 Å². The van der Waals surface area contributed by atoms with Gasteiger partial charge in [-0.3, -0.25) is 24.6 Å². The van der Waals surface area contributed by atoms with Crippen LogP contribution in [0.1, 0.15) is 23.2 Å². The zero-order valence-electron chi connectivity index (χ0n) is 15.8. The number of nitrogens with two attached hydrogens (primary N) is 1. The number of benzene rings is 2. The van der Waals surface area contributed by atoms with Crippen LogP contribution in [0.5, 0.6) is 0 Å². The molecule has 0 aromatic heterocycles. The van der Waals surface area contributed by atoms with E-state index in [9.17, 15) is 19.7 Å². The molecule has 2 aromatic carbocycles. The molecule has 9 nitrogen and oxygen atoms in total. The number of nitrogen functional groups attached to an aromatic ring is 1. The van der Waals surface area contributed by atoms with Gasteiger partial charge in [-0.25, -0.2) is 0 Å². The van der Waals surface area contributed by atoms with E-state index in [4.69, 9.17) is 5.73 Å². The first kappa shape index (κ1) is 20.3. The SMILES string of the molecule is Nc1ccc([N+](=O)[O-])cc1C(=O)NC1CCN(CC(=O)Nc2ccccc2)CC1. The number of rotatable bonds is 6. The molecule has 0 saturated carbocycles. The Balaban J connectivity index is 1.48. The molecule has 0 atom stereocenters. The molecule has 0 bridgehead atoms. The maximum absolute atomic E-state index is 12.5. The van der Waals surface area contributed by atoms with Crippen LogP contribution in [-0.4, -0.2) is 47.3 Å². The maximum atomic E-state index is 12.5. The van der Waals surface area contributed by atoms with Crippen LogP contribution in [0.15, 0.2) is 48.5 Å². The van der Waals surface area contributed by atoms with Crippen LogP contribution in [0.2, 0.25) is 0 Å². The predicted molar refractivity (Wildman–Crippen MR) is 110 cm³/mol. The molecule has 0 unspecified atom stereocenters. The number of hydrogen-bond acceptors (Lipinski definition) is 6. The van der Waals surface area contributed by atoms with E-state index in [1.54, 1.807) is 0 Å². The Bertz CT molecular complexity index is 895. The fourth-order valence-corrected chi connectivity index (χ4v) is 3.28. The van der Waals surface area contributed by atoms with E-state index in [-0.39, 0.29) is 35.4 Å². The molecule has 9 heteroatoms. The largest absolute Gasteiger partial charge is 0.398 e. The summed E-state index contributed by atoms with van der Waals surface area (Å²) in [6.45, 7) is 1.61. The lowest BCUT2D eigenvalue weighted by molar-refractivity contribution is -0.384. The Kier molecular flexibility index (Phi) is 6.40. The number of non-ortho nitro benzene ring substituents is 1. The van der Waals surface area contributed by atoms with Crippen molar-refractivity contribution in [2.24, 2.45) is 0 Å². The second kappa shape index (κ2) is 9.16. The average Bonchev–Trinajstić information content (AvgIpc) is 2.70. The van der Waals surface area contributed by atoms with Crippen LogP contribution >= 0.6 is 0 Å². The van der Waals surface area contributed by atoms with Crippen molar-refractivity contribution in [3.63, 3.8) is 0 Å². The minimum Gasteiger partial charge on any atom is -0.398 e. The van der Waals surface area contributed by atoms with Gasteiger partial charge in [0.05, 0.1) is 17.0 Å². The number of nitro benzene ring substituents is 1. The van der Waals surface area contributed by atoms with Crippen LogP contribution in [-0.2, 0) is 4.79 Å². The summed E-state index contributed by atoms with van der Waals surface area (Å²) in [6.07, 6.45) is 1.36. The third kappa shape index (κ3) is 5.52. The molecular formula is C20H23N5O4. The number of nitrogens with zero attached hydrogens (tertiary/aromatic N) is 2. The Morgan fingerprint density at radius 3 is 2.48 bits per heavy atom. The highest BCUT2D eigenvalue weighted by Crippen LogP contribution is 2.20. The van der Waals surface area contributed by atoms with Crippen LogP contribution in [0.4, 0.5) is 17.1 Å². The predicted octanol–water partition coefficient (Wildman–Crippen LogP) is 2.01. The van der Waals surface area contributed by atoms with E-state index in [0.717, 1.165) is 5.69 Å². The summed E-state index contributed by atoms with van der Waals surface area (Å²) in [7, 11) is 0. The highest BCUT2D eigenvalue weighted by molar-refractivity contribution is 6.00. The van der Waals surface area contributed by atoms with Gasteiger partial charge in [-0.15, -0.1) is 0 Å². The normalized spacial score (nSPS) is 14.9. The number of nitro groups is 1. The smallest absolute Gasteiger partial charge is 0.270 e. The van der Waals surface area contributed by atoms with Crippen LogP contribution in [0.25, 0.3) is 0 Å². The van der Waals surface area contributed by atoms with Crippen molar-refractivity contribution in [1.82, 2.24) is 10.2 Å². The van der Waals surface area contributed by atoms with Crippen molar-refractivity contribution in [3.8, 4) is 0 Å². The van der Waals surface area contributed by atoms with Gasteiger partial charge in [0.15, 0.2) is 0 Å². The van der Waals surface area contributed by atoms with E-state index in [2.05, 4.69) is 10.6 Å². The lowest BCUT2D eigenvalue weighted by atomic mass is 10.0. The van der Waals surface area contributed by atoms with Gasteiger partial charge < -0.3 is 16.4 Å². The fraction of sp³-hybridized carbons (Fsp3) is 0.300. The molecule has 1 fully saturated rings. The van der Waals surface area contributed by atoms with Crippen molar-refractivity contribution < 1.29 is 14.5 Å². The first-order valence-electron chi connectivity index (χ1n) is 9.34. The van der Waals surface area contributed by atoms with Gasteiger partial charge in [0, 0.05) is 42.6 Å². The van der Waals surface area contributed by atoms with Crippen molar-refractivity contribution in [3.05, 3.63) is 64.2 Å². The maximum Gasteiger partial charge on any atom is 0.270 e. The lowest BCUT2D eigenvalue weighted by Crippen LogP contribution is -2.46. The average molecular weight is 397 g/mol. The number of hydrogen-bond donors (Lipinski definition) is 3. The highest BCUT2D eigenvalue weighted by Gasteiger charge is 2.24. The standard InChI is InChI=1S/C20H23N5O4/c21-18-7-6-16(25(28)29)12-17(18)20(27)23-15-8-10-24(11-9-15)13-19(26)22-14-4-2-1-3-5-14/h1-7,12,15H,8-11,13,21H2,(H,22,26)(H,23,27). The van der Waals surface area contributed by atoms with Crippen molar-refractivity contribution >= 4 is 28.9 Å². The molecule has 4 N–H and O–H groups in total. The number of carbonyl (C=O) groups excluding carboxylic acids is 2. The summed E-state index contributed by atoms with van der Waals surface area (Å²) in [5, 5.41) is 16.7. The van der Waals surface area contributed by atoms with Gasteiger partial charge in [0.25, 0.3) is 11.6 Å². The molecular weight excluding hydrogens is 374 g/mol. The Hall–Kier alpha value is -3.46. The number of carbonyl (C=O) groups is 2. The zero-order valence-corrected chi connectivity index (χ0v) is 15.8. The van der Waals surface area contributed by atoms with E-state index in [1.165, 1.54) is 18.2 Å². The monoisotopic (exact) mass is 397 g/mol. The van der Waals surface area contributed by atoms with Gasteiger partial charge >= 0.3 is 0 Å². The summed E-state index contributed by atoms with van der Waals surface area (Å²) < 4.78 is 0. The fourth-order valence-electron chi connectivity index (χ4n) is 3.28. The number of nitrogens with one attached hydrogen (secondary N) is 2. The zero-order chi connectivity index (χ0) is 20.8. The molecule has 1 saturated heterocycles. The molecule has 0 radical (unpaired) electrons. The van der Waals surface area contributed by atoms with Crippen molar-refractivity contribution in [1.29, 1.82) is 0 Å². The first-order chi connectivity index (χ1) is 13.9. The lowest BCUT2D eigenvalue weighted by Gasteiger charge is -2.31. The quantitative estimate of drug-likeness (QED) is 0.388. The highest BCUT2D eigenvalue weighted by atomic mass is 16.6.